The minimum absolute atomic E-state index is 0. The van der Waals surface area contributed by atoms with Gasteiger partial charge >= 0.3 is 175 Å². The van der Waals surface area contributed by atoms with Crippen LogP contribution in [0.15, 0.2) is 36.0 Å². The Morgan fingerprint density at radius 1 is 0.946 bits per heavy atom. The van der Waals surface area contributed by atoms with Gasteiger partial charge in [-0.2, -0.15) is 0 Å². The van der Waals surface area contributed by atoms with E-state index < -0.39 is 18.2 Å². The number of hydrogen-bond acceptors (Lipinski definition) is 6. The molecule has 0 aliphatic rings. The summed E-state index contributed by atoms with van der Waals surface area (Å²) in [6.45, 7) is 5.52. The van der Waals surface area contributed by atoms with Gasteiger partial charge in [-0.3, -0.25) is 9.59 Å². The molecular weight excluding hydrogens is 695 g/mol. The number of nitrogens with zero attached hydrogens (tertiary/aromatic N) is 3. The molecule has 37 heavy (non-hydrogen) atoms. The summed E-state index contributed by atoms with van der Waals surface area (Å²) in [7, 11) is 1.75. The minimum atomic E-state index is -0.589. The number of ketones is 1. The van der Waals surface area contributed by atoms with Crippen molar-refractivity contribution in [1.82, 2.24) is 10.6 Å². The molecule has 0 aliphatic heterocycles. The number of carbonyl (C=O) groups excluding carboxylic acids is 4. The molecule has 0 atom stereocenters. The number of rotatable bonds is 16. The Bertz CT molecular complexity index is 839. The molecule has 0 bridgehead atoms. The summed E-state index contributed by atoms with van der Waals surface area (Å²) in [4.78, 5) is 47.0. The molecule has 0 aliphatic carbocycles. The van der Waals surface area contributed by atoms with Crippen molar-refractivity contribution in [3.63, 3.8) is 0 Å². The number of nitrogens with one attached hydrogen (secondary N) is 2. The molecule has 0 heterocycles. The van der Waals surface area contributed by atoms with E-state index >= 15 is 0 Å². The number of benzene rings is 1. The first-order valence-corrected chi connectivity index (χ1v) is 11.3. The smallest absolute Gasteiger partial charge is 0.651 e. The Kier molecular flexibility index (Phi) is 33.1. The topological polar surface area (TPSA) is 144 Å². The molecule has 0 saturated heterocycles. The average Bonchev–Trinajstić information content (AvgIpc) is 2.80. The van der Waals surface area contributed by atoms with Crippen molar-refractivity contribution in [2.75, 3.05) is 39.9 Å². The maximum absolute atomic E-state index is 12.0. The number of allylic oxidation sites excluding steroid dienone is 2. The van der Waals surface area contributed by atoms with Gasteiger partial charge in [-0.05, 0) is 25.5 Å². The third-order valence-electron chi connectivity index (χ3n) is 4.39. The number of amides is 4. The van der Waals surface area contributed by atoms with E-state index in [2.05, 4.69) is 26.6 Å². The maximum Gasteiger partial charge on any atom is 1.00 e. The van der Waals surface area contributed by atoms with Crippen molar-refractivity contribution < 1.29 is 198 Å². The zero-order valence-electron chi connectivity index (χ0n) is 23.1. The van der Waals surface area contributed by atoms with Gasteiger partial charge in [0.2, 0.25) is 0 Å². The predicted molar refractivity (Wildman–Crippen MR) is 131 cm³/mol. The van der Waals surface area contributed by atoms with Gasteiger partial charge in [0.1, 0.15) is 0 Å². The van der Waals surface area contributed by atoms with Gasteiger partial charge in [0.25, 0.3) is 0 Å². The number of urea groups is 1. The summed E-state index contributed by atoms with van der Waals surface area (Å²) in [5, 5.41) is 17.0. The van der Waals surface area contributed by atoms with E-state index in [1.54, 1.807) is 31.3 Å². The van der Waals surface area contributed by atoms with E-state index in [4.69, 9.17) is 4.74 Å². The van der Waals surface area contributed by atoms with Crippen LogP contribution in [0.1, 0.15) is 38.7 Å². The summed E-state index contributed by atoms with van der Waals surface area (Å²) < 4.78 is 5.34. The molecule has 2 N–H and O–H groups in total. The van der Waals surface area contributed by atoms with E-state index in [-0.39, 0.29) is 206 Å². The second-order valence-corrected chi connectivity index (χ2v) is 7.42. The first-order valence-electron chi connectivity index (χ1n) is 11.3. The van der Waals surface area contributed by atoms with Crippen LogP contribution in [0.4, 0.5) is 10.5 Å². The molecule has 0 fully saturated rings. The van der Waals surface area contributed by atoms with E-state index in [1.807, 2.05) is 13.8 Å². The maximum atomic E-state index is 12.0. The van der Waals surface area contributed by atoms with E-state index in [9.17, 15) is 19.2 Å². The van der Waals surface area contributed by atoms with Crippen LogP contribution in [0.3, 0.4) is 0 Å². The van der Waals surface area contributed by atoms with Crippen molar-refractivity contribution in [2.45, 2.75) is 39.5 Å². The van der Waals surface area contributed by atoms with Crippen LogP contribution in [0, 0.1) is 0 Å². The molecule has 0 aromatic heterocycles. The van der Waals surface area contributed by atoms with Gasteiger partial charge in [0, 0.05) is 44.9 Å². The van der Waals surface area contributed by atoms with E-state index in [0.29, 0.717) is 31.8 Å². The summed E-state index contributed by atoms with van der Waals surface area (Å²) in [6.07, 6.45) is 2.81. The average molecular weight is 729 g/mol. The molecule has 1 rings (SSSR count). The Balaban J connectivity index is -0.00000385. The van der Waals surface area contributed by atoms with Crippen LogP contribution in [0.2, 0.25) is 0 Å². The van der Waals surface area contributed by atoms with Gasteiger partial charge < -0.3 is 40.9 Å². The summed E-state index contributed by atoms with van der Waals surface area (Å²) >= 11 is 0. The summed E-state index contributed by atoms with van der Waals surface area (Å²) in [5.41, 5.74) is 1.99. The molecular formula is C24H34N5O5Rb3. The van der Waals surface area contributed by atoms with Crippen molar-refractivity contribution in [2.24, 2.45) is 0 Å². The van der Waals surface area contributed by atoms with E-state index in [0.717, 1.165) is 17.7 Å². The Labute approximate surface area is 367 Å². The SMILES string of the molecule is CCCNC(=O)[N-]CCCOCC[N-]C(=O)CC(=O)[N-]c1ccc(CC(=O)/C=C(/C)NC)cc1.[Rb+].[Rb+].[Rb+]. The summed E-state index contributed by atoms with van der Waals surface area (Å²) in [6, 6.07) is 6.38. The summed E-state index contributed by atoms with van der Waals surface area (Å²) in [5.74, 6) is -1.18. The van der Waals surface area contributed by atoms with Crippen LogP contribution in [0.25, 0.3) is 16.0 Å². The van der Waals surface area contributed by atoms with Gasteiger partial charge in [0.05, 0.1) is 11.8 Å². The van der Waals surface area contributed by atoms with Crippen LogP contribution in [-0.2, 0) is 25.5 Å². The molecule has 1 aromatic rings. The largest absolute Gasteiger partial charge is 1.00 e. The first-order chi connectivity index (χ1) is 16.3. The normalized spacial score (nSPS) is 9.97. The van der Waals surface area contributed by atoms with Crippen molar-refractivity contribution in [3.05, 3.63) is 57.6 Å². The quantitative estimate of drug-likeness (QED) is 0.0990. The zero-order chi connectivity index (χ0) is 25.2. The predicted octanol–water partition coefficient (Wildman–Crippen LogP) is -5.34. The van der Waals surface area contributed by atoms with Crippen LogP contribution in [0.5, 0.6) is 0 Å². The standard InChI is InChI=1S/C24H37N5O5.3Rb/c1-4-10-27-24(33)28-11-5-13-34-14-12-26-22(31)17-23(32)29-20-8-6-19(7-9-20)16-21(30)15-18(2)25-3;;;/h6-9,15H,4-5,10-14,16-17H2,1-3H3,(H5,25,26,27,28,29,30,31,32,33);;;/q;3*+1/p-3. The zero-order valence-corrected chi connectivity index (χ0v) is 37.9. The second-order valence-electron chi connectivity index (χ2n) is 7.42. The molecule has 0 spiro atoms. The number of ether oxygens (including phenoxy) is 1. The monoisotopic (exact) mass is 727 g/mol. The molecule has 0 saturated carbocycles. The van der Waals surface area contributed by atoms with Crippen LogP contribution in [-0.4, -0.2) is 63.5 Å². The number of hydrogen-bond donors (Lipinski definition) is 2. The van der Waals surface area contributed by atoms with Crippen LogP contribution < -0.4 is 185 Å². The van der Waals surface area contributed by atoms with Crippen LogP contribution >= 0.6 is 0 Å². The van der Waals surface area contributed by atoms with Crippen molar-refractivity contribution in [1.29, 1.82) is 0 Å². The molecule has 0 unspecified atom stereocenters. The van der Waals surface area contributed by atoms with Gasteiger partial charge in [-0.15, -0.1) is 12.2 Å². The molecule has 188 valence electrons. The first kappa shape index (κ1) is 43.5. The fourth-order valence-corrected chi connectivity index (χ4v) is 2.59. The minimum Gasteiger partial charge on any atom is -0.651 e. The van der Waals surface area contributed by atoms with E-state index in [1.165, 1.54) is 6.08 Å². The molecule has 13 heteroatoms. The second kappa shape index (κ2) is 28.2. The number of carbonyl (C=O) groups is 4. The van der Waals surface area contributed by atoms with Crippen molar-refractivity contribution in [3.8, 4) is 0 Å². The van der Waals surface area contributed by atoms with Gasteiger partial charge in [0.15, 0.2) is 11.8 Å². The molecule has 10 nitrogen and oxygen atoms in total. The molecule has 0 radical (unpaired) electrons. The fraction of sp³-hybridized carbons (Fsp3) is 0.500. The van der Waals surface area contributed by atoms with Gasteiger partial charge in [-0.25, -0.2) is 0 Å². The van der Waals surface area contributed by atoms with Crippen molar-refractivity contribution >= 4 is 29.3 Å². The Morgan fingerprint density at radius 2 is 1.62 bits per heavy atom. The Hall–Kier alpha value is 2.02. The Morgan fingerprint density at radius 3 is 2.24 bits per heavy atom. The van der Waals surface area contributed by atoms with Gasteiger partial charge in [-0.1, -0.05) is 44.2 Å². The molecule has 4 amide bonds. The molecule has 1 aromatic carbocycles. The fourth-order valence-electron chi connectivity index (χ4n) is 2.59. The third kappa shape index (κ3) is 24.3. The third-order valence-corrected chi connectivity index (χ3v) is 4.39.